The van der Waals surface area contributed by atoms with Crippen LogP contribution >= 0.6 is 0 Å². The lowest BCUT2D eigenvalue weighted by Gasteiger charge is -2.28. The van der Waals surface area contributed by atoms with Crippen LogP contribution in [0.25, 0.3) is 0 Å². The second-order valence-electron chi connectivity index (χ2n) is 9.67. The van der Waals surface area contributed by atoms with Gasteiger partial charge >= 0.3 is 0 Å². The fourth-order valence-electron chi connectivity index (χ4n) is 5.67. The van der Waals surface area contributed by atoms with Crippen molar-refractivity contribution in [2.45, 2.75) is 31.0 Å². The lowest BCUT2D eigenvalue weighted by Crippen LogP contribution is -2.47. The smallest absolute Gasteiger partial charge is 0.290 e. The van der Waals surface area contributed by atoms with Gasteiger partial charge in [-0.15, -0.1) is 0 Å². The van der Waals surface area contributed by atoms with Gasteiger partial charge in [0.15, 0.2) is 5.76 Å². The molecule has 5 atom stereocenters. The number of carbonyl (C=O) groups excluding carboxylic acids is 2. The van der Waals surface area contributed by atoms with E-state index < -0.39 is 12.1 Å². The zero-order valence-electron chi connectivity index (χ0n) is 18.8. The summed E-state index contributed by atoms with van der Waals surface area (Å²) in [7, 11) is 0. The quantitative estimate of drug-likeness (QED) is 0.686. The van der Waals surface area contributed by atoms with Crippen LogP contribution in [0.5, 0.6) is 0 Å². The topological polar surface area (TPSA) is 103 Å². The number of benzene rings is 1. The molecule has 5 rings (SSSR count). The van der Waals surface area contributed by atoms with Gasteiger partial charge < -0.3 is 30.0 Å². The monoisotopic (exact) mass is 452 g/mol. The van der Waals surface area contributed by atoms with Gasteiger partial charge in [-0.25, -0.2) is 0 Å². The van der Waals surface area contributed by atoms with Crippen LogP contribution in [0.1, 0.15) is 35.0 Å². The highest BCUT2D eigenvalue weighted by Gasteiger charge is 2.46. The van der Waals surface area contributed by atoms with Crippen molar-refractivity contribution in [3.05, 3.63) is 60.1 Å². The van der Waals surface area contributed by atoms with E-state index >= 15 is 0 Å². The molecule has 4 heterocycles. The number of nitrogens with two attached hydrogens (primary N) is 1. The van der Waals surface area contributed by atoms with Gasteiger partial charge in [0.1, 0.15) is 6.04 Å². The van der Waals surface area contributed by atoms with Crippen molar-refractivity contribution in [3.8, 4) is 0 Å². The predicted molar refractivity (Wildman–Crippen MR) is 122 cm³/mol. The molecule has 176 valence electrons. The molecule has 8 heteroatoms. The SMILES string of the molecule is N[C@@H](CCN1CC2CN(C(=O)C3CC(O)CN3C(=O)c3ccco3)CC2C1)c1ccccc1. The van der Waals surface area contributed by atoms with Gasteiger partial charge in [-0.3, -0.25) is 9.59 Å². The van der Waals surface area contributed by atoms with Crippen LogP contribution in [0.4, 0.5) is 0 Å². The number of aliphatic hydroxyl groups excluding tert-OH is 1. The minimum Gasteiger partial charge on any atom is -0.459 e. The Hall–Kier alpha value is -2.68. The maximum absolute atomic E-state index is 13.3. The molecule has 4 unspecified atom stereocenters. The van der Waals surface area contributed by atoms with Crippen LogP contribution in [0.15, 0.2) is 53.1 Å². The van der Waals surface area contributed by atoms with Gasteiger partial charge in [-0.2, -0.15) is 0 Å². The molecule has 3 fully saturated rings. The number of furan rings is 1. The first-order chi connectivity index (χ1) is 16.0. The standard InChI is InChI=1S/C25H32N4O4/c26-21(17-5-2-1-3-6-17)8-9-27-12-18-14-28(15-19(18)13-27)24(31)22-11-20(30)16-29(22)25(32)23-7-4-10-33-23/h1-7,10,18-22,30H,8-9,11-16,26H2/t18?,19?,20?,21-,22?/m0/s1. The zero-order valence-corrected chi connectivity index (χ0v) is 18.8. The van der Waals surface area contributed by atoms with E-state index in [2.05, 4.69) is 17.0 Å². The van der Waals surface area contributed by atoms with Crippen molar-refractivity contribution in [1.82, 2.24) is 14.7 Å². The molecule has 3 saturated heterocycles. The average Bonchev–Trinajstić information content (AvgIpc) is 3.60. The zero-order chi connectivity index (χ0) is 22.9. The van der Waals surface area contributed by atoms with E-state index in [1.54, 1.807) is 12.1 Å². The van der Waals surface area contributed by atoms with Gasteiger partial charge in [0.25, 0.3) is 5.91 Å². The third-order valence-corrected chi connectivity index (χ3v) is 7.41. The highest BCUT2D eigenvalue weighted by Crippen LogP contribution is 2.33. The number of carbonyl (C=O) groups is 2. The van der Waals surface area contributed by atoms with Gasteiger partial charge in [-0.1, -0.05) is 30.3 Å². The fraction of sp³-hybridized carbons (Fsp3) is 0.520. The molecule has 0 bridgehead atoms. The third kappa shape index (κ3) is 4.55. The van der Waals surface area contributed by atoms with E-state index in [1.165, 1.54) is 16.7 Å². The molecule has 2 amide bonds. The van der Waals surface area contributed by atoms with E-state index in [-0.39, 0.29) is 36.6 Å². The molecule has 8 nitrogen and oxygen atoms in total. The largest absolute Gasteiger partial charge is 0.459 e. The number of aliphatic hydroxyl groups is 1. The van der Waals surface area contributed by atoms with Crippen LogP contribution in [0.3, 0.4) is 0 Å². The summed E-state index contributed by atoms with van der Waals surface area (Å²) in [6, 6.07) is 12.8. The lowest BCUT2D eigenvalue weighted by molar-refractivity contribution is -0.134. The normalized spacial score (nSPS) is 28.3. The molecule has 3 aliphatic rings. The molecular weight excluding hydrogens is 420 g/mol. The Morgan fingerprint density at radius 1 is 1.03 bits per heavy atom. The molecule has 0 saturated carbocycles. The minimum atomic E-state index is -0.690. The molecule has 33 heavy (non-hydrogen) atoms. The summed E-state index contributed by atoms with van der Waals surface area (Å²) in [6.45, 7) is 4.47. The van der Waals surface area contributed by atoms with E-state index in [0.29, 0.717) is 24.9 Å². The molecule has 0 aliphatic carbocycles. The van der Waals surface area contributed by atoms with Crippen LogP contribution in [0, 0.1) is 11.8 Å². The van der Waals surface area contributed by atoms with Crippen molar-refractivity contribution in [2.24, 2.45) is 17.6 Å². The number of hydrogen-bond donors (Lipinski definition) is 2. The van der Waals surface area contributed by atoms with Crippen molar-refractivity contribution in [1.29, 1.82) is 0 Å². The Morgan fingerprint density at radius 3 is 2.42 bits per heavy atom. The first-order valence-electron chi connectivity index (χ1n) is 11.8. The third-order valence-electron chi connectivity index (χ3n) is 7.41. The Morgan fingerprint density at radius 2 is 1.76 bits per heavy atom. The second-order valence-corrected chi connectivity index (χ2v) is 9.67. The maximum Gasteiger partial charge on any atom is 0.290 e. The molecule has 3 N–H and O–H groups in total. The number of likely N-dealkylation sites (tertiary alicyclic amines) is 3. The van der Waals surface area contributed by atoms with Crippen molar-refractivity contribution < 1.29 is 19.1 Å². The first kappa shape index (κ1) is 22.1. The number of nitrogens with zero attached hydrogens (tertiary/aromatic N) is 3. The van der Waals surface area contributed by atoms with Gasteiger partial charge in [0.2, 0.25) is 5.91 Å². The molecule has 2 aromatic rings. The van der Waals surface area contributed by atoms with Crippen LogP contribution in [-0.2, 0) is 4.79 Å². The van der Waals surface area contributed by atoms with Crippen molar-refractivity contribution in [2.75, 3.05) is 39.3 Å². The highest BCUT2D eigenvalue weighted by molar-refractivity contribution is 5.96. The number of fused-ring (bicyclic) bond motifs is 1. The highest BCUT2D eigenvalue weighted by atomic mass is 16.3. The lowest BCUT2D eigenvalue weighted by atomic mass is 10.0. The summed E-state index contributed by atoms with van der Waals surface area (Å²) in [5.41, 5.74) is 7.53. The van der Waals surface area contributed by atoms with Crippen LogP contribution in [0.2, 0.25) is 0 Å². The predicted octanol–water partition coefficient (Wildman–Crippen LogP) is 1.34. The van der Waals surface area contributed by atoms with Gasteiger partial charge in [0.05, 0.1) is 12.4 Å². The summed E-state index contributed by atoms with van der Waals surface area (Å²) < 4.78 is 5.22. The fourth-order valence-corrected chi connectivity index (χ4v) is 5.67. The maximum atomic E-state index is 13.3. The van der Waals surface area contributed by atoms with Crippen molar-refractivity contribution in [3.63, 3.8) is 0 Å². The number of amides is 2. The van der Waals surface area contributed by atoms with E-state index in [9.17, 15) is 14.7 Å². The molecule has 3 aliphatic heterocycles. The molecule has 1 aromatic heterocycles. The molecular formula is C25H32N4O4. The average molecular weight is 453 g/mol. The Kier molecular flexibility index (Phi) is 6.23. The summed E-state index contributed by atoms with van der Waals surface area (Å²) in [4.78, 5) is 31.9. The van der Waals surface area contributed by atoms with E-state index in [1.807, 2.05) is 23.1 Å². The van der Waals surface area contributed by atoms with Gasteiger partial charge in [0, 0.05) is 45.2 Å². The summed E-state index contributed by atoms with van der Waals surface area (Å²) in [5, 5.41) is 10.2. The minimum absolute atomic E-state index is 0.0381. The molecule has 0 spiro atoms. The second kappa shape index (κ2) is 9.29. The number of rotatable bonds is 6. The number of hydrogen-bond acceptors (Lipinski definition) is 6. The van der Waals surface area contributed by atoms with Crippen LogP contribution < -0.4 is 5.73 Å². The van der Waals surface area contributed by atoms with Gasteiger partial charge in [-0.05, 0) is 42.5 Å². The molecule has 0 radical (unpaired) electrons. The number of β-amino-alcohol motifs (C(OH)–C–C–N with tert-alkyl or cyclic N) is 1. The van der Waals surface area contributed by atoms with E-state index in [0.717, 1.165) is 26.1 Å². The first-order valence-corrected chi connectivity index (χ1v) is 11.8. The summed E-state index contributed by atoms with van der Waals surface area (Å²) in [5.74, 6) is 0.697. The van der Waals surface area contributed by atoms with Crippen LogP contribution in [-0.4, -0.2) is 83.0 Å². The molecule has 1 aromatic carbocycles. The Bertz CT molecular complexity index is 952. The summed E-state index contributed by atoms with van der Waals surface area (Å²) in [6.07, 6.45) is 1.94. The Balaban J connectivity index is 1.14. The Labute approximate surface area is 193 Å². The summed E-state index contributed by atoms with van der Waals surface area (Å²) >= 11 is 0. The van der Waals surface area contributed by atoms with Crippen molar-refractivity contribution >= 4 is 11.8 Å². The van der Waals surface area contributed by atoms with E-state index in [4.69, 9.17) is 10.2 Å².